The first-order valence-corrected chi connectivity index (χ1v) is 5.09. The average Bonchev–Trinajstić information content (AvgIpc) is 2.12. The largest absolute Gasteiger partial charge is 0.492 e. The van der Waals surface area contributed by atoms with E-state index in [4.69, 9.17) is 4.74 Å². The van der Waals surface area contributed by atoms with Crippen LogP contribution < -0.4 is 4.74 Å². The zero-order valence-electron chi connectivity index (χ0n) is 7.38. The predicted molar refractivity (Wildman–Crippen MR) is 54.0 cm³/mol. The standard InChI is InChI=1S/C10H11BrO2/c1-6-2-3-7-8(12)4-5-13-10(7)9(6)11/h2-3,8,12H,4-5H2,1H3. The lowest BCUT2D eigenvalue weighted by molar-refractivity contribution is 0.115. The number of hydrogen-bond donors (Lipinski definition) is 1. The fourth-order valence-electron chi connectivity index (χ4n) is 1.51. The number of aryl methyl sites for hydroxylation is 1. The summed E-state index contributed by atoms with van der Waals surface area (Å²) in [5, 5.41) is 9.68. The summed E-state index contributed by atoms with van der Waals surface area (Å²) in [5.74, 6) is 0.804. The van der Waals surface area contributed by atoms with Gasteiger partial charge in [-0.2, -0.15) is 0 Å². The number of aliphatic hydroxyl groups is 1. The van der Waals surface area contributed by atoms with E-state index in [0.717, 1.165) is 21.3 Å². The Kier molecular flexibility index (Phi) is 2.30. The van der Waals surface area contributed by atoms with Crippen LogP contribution in [-0.4, -0.2) is 11.7 Å². The highest BCUT2D eigenvalue weighted by Gasteiger charge is 2.21. The van der Waals surface area contributed by atoms with E-state index in [1.165, 1.54) is 0 Å². The first-order chi connectivity index (χ1) is 6.20. The second kappa shape index (κ2) is 3.31. The first-order valence-electron chi connectivity index (χ1n) is 4.30. The lowest BCUT2D eigenvalue weighted by Gasteiger charge is -2.23. The fraction of sp³-hybridized carbons (Fsp3) is 0.400. The van der Waals surface area contributed by atoms with E-state index in [-0.39, 0.29) is 6.10 Å². The quantitative estimate of drug-likeness (QED) is 0.758. The zero-order chi connectivity index (χ0) is 9.42. The fourth-order valence-corrected chi connectivity index (χ4v) is 1.98. The molecule has 1 atom stereocenters. The molecule has 1 aromatic carbocycles. The van der Waals surface area contributed by atoms with E-state index in [1.54, 1.807) is 0 Å². The Labute approximate surface area is 85.7 Å². The van der Waals surface area contributed by atoms with Crippen LogP contribution in [0.25, 0.3) is 0 Å². The monoisotopic (exact) mass is 242 g/mol. The van der Waals surface area contributed by atoms with Crippen LogP contribution >= 0.6 is 15.9 Å². The highest BCUT2D eigenvalue weighted by Crippen LogP contribution is 2.39. The zero-order valence-corrected chi connectivity index (χ0v) is 8.97. The average molecular weight is 243 g/mol. The van der Waals surface area contributed by atoms with Gasteiger partial charge >= 0.3 is 0 Å². The molecule has 2 rings (SSSR count). The number of hydrogen-bond acceptors (Lipinski definition) is 2. The summed E-state index contributed by atoms with van der Waals surface area (Å²) in [6, 6.07) is 3.92. The molecule has 1 unspecified atom stereocenters. The van der Waals surface area contributed by atoms with Crippen LogP contribution in [0, 0.1) is 6.92 Å². The smallest absolute Gasteiger partial charge is 0.139 e. The van der Waals surface area contributed by atoms with Gasteiger partial charge in [-0.3, -0.25) is 0 Å². The summed E-state index contributed by atoms with van der Waals surface area (Å²) < 4.78 is 6.46. The van der Waals surface area contributed by atoms with Crippen molar-refractivity contribution in [2.75, 3.05) is 6.61 Å². The Bertz CT molecular complexity index is 336. The molecule has 0 saturated carbocycles. The number of aliphatic hydroxyl groups excluding tert-OH is 1. The van der Waals surface area contributed by atoms with Crippen molar-refractivity contribution in [3.8, 4) is 5.75 Å². The minimum atomic E-state index is -0.374. The summed E-state index contributed by atoms with van der Waals surface area (Å²) >= 11 is 3.46. The lowest BCUT2D eigenvalue weighted by atomic mass is 10.0. The van der Waals surface area contributed by atoms with Gasteiger partial charge in [0, 0.05) is 12.0 Å². The molecule has 1 aliphatic rings. The van der Waals surface area contributed by atoms with E-state index in [9.17, 15) is 5.11 Å². The van der Waals surface area contributed by atoms with Crippen molar-refractivity contribution in [3.05, 3.63) is 27.7 Å². The Morgan fingerprint density at radius 2 is 2.31 bits per heavy atom. The van der Waals surface area contributed by atoms with Crippen LogP contribution in [0.2, 0.25) is 0 Å². The highest BCUT2D eigenvalue weighted by atomic mass is 79.9. The van der Waals surface area contributed by atoms with E-state index in [0.29, 0.717) is 13.0 Å². The maximum atomic E-state index is 9.68. The molecule has 1 N–H and O–H groups in total. The van der Waals surface area contributed by atoms with Gasteiger partial charge in [0.25, 0.3) is 0 Å². The second-order valence-electron chi connectivity index (χ2n) is 3.27. The van der Waals surface area contributed by atoms with Gasteiger partial charge in [-0.05, 0) is 28.4 Å². The Morgan fingerprint density at radius 3 is 3.08 bits per heavy atom. The van der Waals surface area contributed by atoms with Crippen molar-refractivity contribution in [3.63, 3.8) is 0 Å². The molecule has 0 fully saturated rings. The van der Waals surface area contributed by atoms with Crippen molar-refractivity contribution >= 4 is 15.9 Å². The van der Waals surface area contributed by atoms with Gasteiger partial charge in [-0.15, -0.1) is 0 Å². The van der Waals surface area contributed by atoms with Crippen molar-refractivity contribution in [1.82, 2.24) is 0 Å². The molecule has 1 heterocycles. The van der Waals surface area contributed by atoms with Gasteiger partial charge in [-0.25, -0.2) is 0 Å². The van der Waals surface area contributed by atoms with E-state index < -0.39 is 0 Å². The molecule has 0 radical (unpaired) electrons. The molecule has 70 valence electrons. The SMILES string of the molecule is Cc1ccc2c(c1Br)OCCC2O. The van der Waals surface area contributed by atoms with E-state index in [1.807, 2.05) is 19.1 Å². The summed E-state index contributed by atoms with van der Waals surface area (Å²) in [7, 11) is 0. The molecule has 2 nitrogen and oxygen atoms in total. The van der Waals surface area contributed by atoms with Crippen LogP contribution in [0.3, 0.4) is 0 Å². The molecule has 3 heteroatoms. The minimum absolute atomic E-state index is 0.374. The predicted octanol–water partition coefficient (Wildman–Crippen LogP) is 2.57. The minimum Gasteiger partial charge on any atom is -0.492 e. The lowest BCUT2D eigenvalue weighted by Crippen LogP contribution is -2.14. The number of fused-ring (bicyclic) bond motifs is 1. The molecule has 0 bridgehead atoms. The van der Waals surface area contributed by atoms with Gasteiger partial charge in [-0.1, -0.05) is 12.1 Å². The Morgan fingerprint density at radius 1 is 1.54 bits per heavy atom. The van der Waals surface area contributed by atoms with Gasteiger partial charge in [0.15, 0.2) is 0 Å². The third-order valence-electron chi connectivity index (χ3n) is 2.32. The van der Waals surface area contributed by atoms with Crippen molar-refractivity contribution < 1.29 is 9.84 Å². The number of rotatable bonds is 0. The molecular weight excluding hydrogens is 232 g/mol. The van der Waals surface area contributed by atoms with Gasteiger partial charge in [0.2, 0.25) is 0 Å². The third-order valence-corrected chi connectivity index (χ3v) is 3.30. The Balaban J connectivity index is 2.56. The normalized spacial score (nSPS) is 20.7. The maximum absolute atomic E-state index is 9.68. The van der Waals surface area contributed by atoms with Crippen LogP contribution in [-0.2, 0) is 0 Å². The topological polar surface area (TPSA) is 29.5 Å². The molecule has 0 spiro atoms. The van der Waals surface area contributed by atoms with Gasteiger partial charge < -0.3 is 9.84 Å². The first kappa shape index (κ1) is 9.03. The molecular formula is C10H11BrO2. The van der Waals surface area contributed by atoms with Gasteiger partial charge in [0.05, 0.1) is 17.2 Å². The van der Waals surface area contributed by atoms with E-state index >= 15 is 0 Å². The Hall–Kier alpha value is -0.540. The van der Waals surface area contributed by atoms with Crippen molar-refractivity contribution in [2.45, 2.75) is 19.4 Å². The van der Waals surface area contributed by atoms with Crippen LogP contribution in [0.5, 0.6) is 5.75 Å². The highest BCUT2D eigenvalue weighted by molar-refractivity contribution is 9.10. The summed E-state index contributed by atoms with van der Waals surface area (Å²) in [6.45, 7) is 2.60. The van der Waals surface area contributed by atoms with Crippen LogP contribution in [0.4, 0.5) is 0 Å². The molecule has 0 saturated heterocycles. The van der Waals surface area contributed by atoms with Crippen LogP contribution in [0.1, 0.15) is 23.7 Å². The third kappa shape index (κ3) is 1.46. The molecule has 0 aliphatic carbocycles. The van der Waals surface area contributed by atoms with Crippen molar-refractivity contribution in [2.24, 2.45) is 0 Å². The molecule has 1 aromatic rings. The maximum Gasteiger partial charge on any atom is 0.139 e. The number of ether oxygens (including phenoxy) is 1. The van der Waals surface area contributed by atoms with E-state index in [2.05, 4.69) is 15.9 Å². The number of halogens is 1. The second-order valence-corrected chi connectivity index (χ2v) is 4.06. The summed E-state index contributed by atoms with van der Waals surface area (Å²) in [6.07, 6.45) is 0.309. The van der Waals surface area contributed by atoms with Crippen LogP contribution in [0.15, 0.2) is 16.6 Å². The summed E-state index contributed by atoms with van der Waals surface area (Å²) in [4.78, 5) is 0. The molecule has 0 aromatic heterocycles. The summed E-state index contributed by atoms with van der Waals surface area (Å²) in [5.41, 5.74) is 2.02. The molecule has 0 amide bonds. The van der Waals surface area contributed by atoms with Crippen molar-refractivity contribution in [1.29, 1.82) is 0 Å². The molecule has 13 heavy (non-hydrogen) atoms. The molecule has 1 aliphatic heterocycles. The van der Waals surface area contributed by atoms with Gasteiger partial charge in [0.1, 0.15) is 5.75 Å². The number of benzene rings is 1.